The van der Waals surface area contributed by atoms with Crippen LogP contribution in [-0.2, 0) is 9.53 Å². The van der Waals surface area contributed by atoms with Gasteiger partial charge < -0.3 is 4.74 Å². The molecule has 0 aliphatic heterocycles. The van der Waals surface area contributed by atoms with E-state index in [-0.39, 0.29) is 41.6 Å². The Balaban J connectivity index is 0.000000490. The Morgan fingerprint density at radius 1 is 1.62 bits per heavy atom. The van der Waals surface area contributed by atoms with Crippen molar-refractivity contribution in [3.8, 4) is 0 Å². The normalized spacial score (nSPS) is 14.6. The summed E-state index contributed by atoms with van der Waals surface area (Å²) in [6, 6.07) is 0. The number of hydrogen-bond acceptors (Lipinski definition) is 2. The van der Waals surface area contributed by atoms with Gasteiger partial charge in [-0.15, -0.1) is 0 Å². The molecule has 1 aliphatic carbocycles. The number of esters is 1. The number of carbonyl (C=O) groups excluding carboxylic acids is 1. The van der Waals surface area contributed by atoms with E-state index in [1.807, 2.05) is 12.2 Å². The summed E-state index contributed by atoms with van der Waals surface area (Å²) in [5.74, 6) is -0.213. The average molecular weight is 121 g/mol. The van der Waals surface area contributed by atoms with Gasteiger partial charge in [0.2, 0.25) is 0 Å². The van der Waals surface area contributed by atoms with E-state index in [2.05, 4.69) is 4.74 Å². The minimum absolute atomic E-state index is 0. The molecule has 39 valence electrons. The van der Waals surface area contributed by atoms with Crippen molar-refractivity contribution in [2.75, 3.05) is 0 Å². The van der Waals surface area contributed by atoms with Gasteiger partial charge in [-0.25, -0.2) is 0 Å². The third kappa shape index (κ3) is 3.24. The van der Waals surface area contributed by atoms with Crippen molar-refractivity contribution in [1.29, 1.82) is 0 Å². The second-order valence-corrected chi connectivity index (χ2v) is 1.46. The Hall–Kier alpha value is 0.210. The molecule has 0 amide bonds. The van der Waals surface area contributed by atoms with Gasteiger partial charge in [0.15, 0.2) is 0 Å². The largest absolute Gasteiger partial charge is 0.454 e. The van der Waals surface area contributed by atoms with E-state index in [9.17, 15) is 4.79 Å². The third-order valence-electron chi connectivity index (χ3n) is 0.652. The van der Waals surface area contributed by atoms with Crippen molar-refractivity contribution in [1.82, 2.24) is 0 Å². The van der Waals surface area contributed by atoms with E-state index in [0.717, 1.165) is 0 Å². The number of rotatable bonds is 1. The zero-order valence-electron chi connectivity index (χ0n) is 5.05. The zero-order chi connectivity index (χ0) is 5.28. The molecule has 0 saturated heterocycles. The maximum atomic E-state index is 10.0. The summed E-state index contributed by atoms with van der Waals surface area (Å²) in [5.41, 5.74) is 0. The molecule has 0 aromatic rings. The van der Waals surface area contributed by atoms with Gasteiger partial charge in [0.05, 0.1) is 0 Å². The molecule has 0 bridgehead atoms. The molecular weight excluding hydrogens is 115 g/mol. The van der Waals surface area contributed by atoms with Crippen molar-refractivity contribution in [3.63, 3.8) is 0 Å². The van der Waals surface area contributed by atoms with Crippen molar-refractivity contribution < 1.29 is 9.53 Å². The minimum Gasteiger partial charge on any atom is -0.454 e. The summed E-state index contributed by atoms with van der Waals surface area (Å²) in [7, 11) is 0. The number of ether oxygens (including phenoxy) is 1. The molecule has 0 atom stereocenters. The van der Waals surface area contributed by atoms with Gasteiger partial charge in [0.25, 0.3) is 0 Å². The van der Waals surface area contributed by atoms with Crippen LogP contribution in [0.2, 0.25) is 0 Å². The Morgan fingerprint density at radius 3 is 2.25 bits per heavy atom. The predicted octanol–water partition coefficient (Wildman–Crippen LogP) is 0.107. The summed E-state index contributed by atoms with van der Waals surface area (Å²) in [5, 5.41) is 0. The molecule has 0 spiro atoms. The van der Waals surface area contributed by atoms with Gasteiger partial charge in [-0.2, -0.15) is 0 Å². The zero-order valence-corrected chi connectivity index (χ0v) is 7.05. The van der Waals surface area contributed by atoms with E-state index in [1.54, 1.807) is 0 Å². The number of hydrogen-bond donors (Lipinski definition) is 0. The van der Waals surface area contributed by atoms with E-state index in [4.69, 9.17) is 0 Å². The standard InChI is InChI=1S/C5H6O2.Na/c1-4(6)7-5-2-3-5;/h2-3,5H,1H3;. The Labute approximate surface area is 70.2 Å². The first kappa shape index (κ1) is 8.21. The SMILES string of the molecule is CC(=O)OC1C=C1.[Na]. The monoisotopic (exact) mass is 121 g/mol. The fourth-order valence-corrected chi connectivity index (χ4v) is 0.316. The molecule has 0 N–H and O–H groups in total. The second kappa shape index (κ2) is 3.28. The van der Waals surface area contributed by atoms with Crippen LogP contribution in [0, 0.1) is 0 Å². The first-order valence-corrected chi connectivity index (χ1v) is 2.14. The van der Waals surface area contributed by atoms with E-state index >= 15 is 0 Å². The predicted molar refractivity (Wildman–Crippen MR) is 30.4 cm³/mol. The molecule has 0 aromatic carbocycles. The molecule has 2 nitrogen and oxygen atoms in total. The molecule has 1 radical (unpaired) electrons. The van der Waals surface area contributed by atoms with Gasteiger partial charge in [0.1, 0.15) is 6.10 Å². The summed E-state index contributed by atoms with van der Waals surface area (Å²) in [6.45, 7) is 1.40. The maximum Gasteiger partial charge on any atom is 0.303 e. The van der Waals surface area contributed by atoms with Crippen molar-refractivity contribution in [2.45, 2.75) is 13.0 Å². The average Bonchev–Trinajstić information content (AvgIpc) is 2.17. The molecule has 8 heavy (non-hydrogen) atoms. The third-order valence-corrected chi connectivity index (χ3v) is 0.652. The van der Waals surface area contributed by atoms with E-state index in [0.29, 0.717) is 0 Å². The van der Waals surface area contributed by atoms with Gasteiger partial charge in [-0.05, 0) is 12.2 Å². The van der Waals surface area contributed by atoms with E-state index in [1.165, 1.54) is 6.92 Å². The van der Waals surface area contributed by atoms with Crippen LogP contribution in [-0.4, -0.2) is 41.6 Å². The van der Waals surface area contributed by atoms with Crippen LogP contribution in [0.1, 0.15) is 6.92 Å². The minimum atomic E-state index is -0.213. The quantitative estimate of drug-likeness (QED) is 0.279. The van der Waals surface area contributed by atoms with Crippen molar-refractivity contribution in [2.24, 2.45) is 0 Å². The summed E-state index contributed by atoms with van der Waals surface area (Å²) in [4.78, 5) is 10.0. The van der Waals surface area contributed by atoms with Crippen LogP contribution in [0.3, 0.4) is 0 Å². The van der Waals surface area contributed by atoms with Crippen molar-refractivity contribution >= 4 is 35.5 Å². The molecule has 1 rings (SSSR count). The van der Waals surface area contributed by atoms with Gasteiger partial charge in [-0.1, -0.05) is 0 Å². The van der Waals surface area contributed by atoms with Crippen LogP contribution in [0.15, 0.2) is 12.2 Å². The molecular formula is C5H6NaO2. The van der Waals surface area contributed by atoms with Gasteiger partial charge in [-0.3, -0.25) is 4.79 Å². The molecule has 1 aliphatic rings. The first-order chi connectivity index (χ1) is 3.29. The summed E-state index contributed by atoms with van der Waals surface area (Å²) in [6.07, 6.45) is 3.67. The van der Waals surface area contributed by atoms with Crippen LogP contribution in [0.4, 0.5) is 0 Å². The van der Waals surface area contributed by atoms with Crippen LogP contribution in [0.5, 0.6) is 0 Å². The van der Waals surface area contributed by atoms with Crippen LogP contribution >= 0.6 is 0 Å². The fourth-order valence-electron chi connectivity index (χ4n) is 0.316. The molecule has 0 unspecified atom stereocenters. The summed E-state index contributed by atoms with van der Waals surface area (Å²) < 4.78 is 4.61. The molecule has 0 saturated carbocycles. The molecule has 3 heteroatoms. The van der Waals surface area contributed by atoms with E-state index < -0.39 is 0 Å². The Bertz CT molecular complexity index is 114. The van der Waals surface area contributed by atoms with Crippen molar-refractivity contribution in [3.05, 3.63) is 12.2 Å². The first-order valence-electron chi connectivity index (χ1n) is 2.14. The maximum absolute atomic E-state index is 10.0. The summed E-state index contributed by atoms with van der Waals surface area (Å²) >= 11 is 0. The molecule has 0 aromatic heterocycles. The van der Waals surface area contributed by atoms with Gasteiger partial charge in [0, 0.05) is 36.5 Å². The van der Waals surface area contributed by atoms with Crippen LogP contribution in [0.25, 0.3) is 0 Å². The molecule has 0 fully saturated rings. The van der Waals surface area contributed by atoms with Gasteiger partial charge >= 0.3 is 5.97 Å². The second-order valence-electron chi connectivity index (χ2n) is 1.46. The smallest absolute Gasteiger partial charge is 0.303 e. The molecule has 0 heterocycles. The Morgan fingerprint density at radius 2 is 2.12 bits per heavy atom. The number of carbonyl (C=O) groups is 1. The fraction of sp³-hybridized carbons (Fsp3) is 0.400. The topological polar surface area (TPSA) is 26.3 Å². The van der Waals surface area contributed by atoms with Crippen LogP contribution < -0.4 is 0 Å². The Kier molecular flexibility index (Phi) is 3.36.